The van der Waals surface area contributed by atoms with E-state index in [1.807, 2.05) is 6.07 Å². The van der Waals surface area contributed by atoms with Gasteiger partial charge in [-0.1, -0.05) is 0 Å². The summed E-state index contributed by atoms with van der Waals surface area (Å²) in [6.45, 7) is 0.635. The van der Waals surface area contributed by atoms with E-state index >= 15 is 0 Å². The van der Waals surface area contributed by atoms with Gasteiger partial charge < -0.3 is 10.4 Å². The van der Waals surface area contributed by atoms with Crippen molar-refractivity contribution < 1.29 is 9.90 Å². The highest BCUT2D eigenvalue weighted by Crippen LogP contribution is 2.34. The Kier molecular flexibility index (Phi) is 2.30. The maximum atomic E-state index is 10.6. The van der Waals surface area contributed by atoms with Crippen molar-refractivity contribution in [2.24, 2.45) is 0 Å². The number of nitriles is 1. The van der Waals surface area contributed by atoms with Crippen LogP contribution in [0.5, 0.6) is 0 Å². The maximum absolute atomic E-state index is 10.6. The van der Waals surface area contributed by atoms with E-state index in [2.05, 4.69) is 11.4 Å². The number of nitrogens with zero attached hydrogens (tertiary/aromatic N) is 1. The number of carbonyl (C=O) groups is 1. The molecular formula is C11H10N2O2. The van der Waals surface area contributed by atoms with E-state index in [1.54, 1.807) is 12.1 Å². The first kappa shape index (κ1) is 9.53. The molecule has 1 aromatic rings. The van der Waals surface area contributed by atoms with Gasteiger partial charge in [0.1, 0.15) is 0 Å². The van der Waals surface area contributed by atoms with Crippen LogP contribution in [0.2, 0.25) is 0 Å². The number of anilines is 1. The first-order valence-corrected chi connectivity index (χ1v) is 4.70. The molecule has 0 fully saturated rings. The average Bonchev–Trinajstić information content (AvgIpc) is 2.60. The molecule has 15 heavy (non-hydrogen) atoms. The van der Waals surface area contributed by atoms with Gasteiger partial charge in [0.25, 0.3) is 0 Å². The zero-order chi connectivity index (χ0) is 10.8. The van der Waals surface area contributed by atoms with Crippen molar-refractivity contribution in [3.05, 3.63) is 29.3 Å². The van der Waals surface area contributed by atoms with Crippen molar-refractivity contribution in [3.8, 4) is 6.07 Å². The summed E-state index contributed by atoms with van der Waals surface area (Å²) in [5.41, 5.74) is 2.46. The fraction of sp³-hybridized carbons (Fsp3) is 0.273. The average molecular weight is 202 g/mol. The highest BCUT2D eigenvalue weighted by molar-refractivity contribution is 5.71. The van der Waals surface area contributed by atoms with Gasteiger partial charge in [0.15, 0.2) is 0 Å². The van der Waals surface area contributed by atoms with Crippen molar-refractivity contribution >= 4 is 11.7 Å². The lowest BCUT2D eigenvalue weighted by molar-refractivity contribution is -0.137. The largest absolute Gasteiger partial charge is 0.481 e. The first-order valence-electron chi connectivity index (χ1n) is 4.70. The predicted molar refractivity (Wildman–Crippen MR) is 54.6 cm³/mol. The lowest BCUT2D eigenvalue weighted by Gasteiger charge is -2.06. The lowest BCUT2D eigenvalue weighted by atomic mass is 9.96. The Morgan fingerprint density at radius 3 is 3.13 bits per heavy atom. The fourth-order valence-corrected chi connectivity index (χ4v) is 1.87. The van der Waals surface area contributed by atoms with Crippen LogP contribution >= 0.6 is 0 Å². The summed E-state index contributed by atoms with van der Waals surface area (Å²) in [6, 6.07) is 7.38. The van der Waals surface area contributed by atoms with E-state index in [0.717, 1.165) is 11.3 Å². The van der Waals surface area contributed by atoms with Gasteiger partial charge in [0.05, 0.1) is 18.1 Å². The third-order valence-corrected chi connectivity index (χ3v) is 2.58. The Morgan fingerprint density at radius 2 is 2.47 bits per heavy atom. The van der Waals surface area contributed by atoms with Crippen LogP contribution in [0.3, 0.4) is 0 Å². The molecule has 2 rings (SSSR count). The Morgan fingerprint density at radius 1 is 1.67 bits per heavy atom. The summed E-state index contributed by atoms with van der Waals surface area (Å²) < 4.78 is 0. The normalized spacial score (nSPS) is 17.7. The minimum absolute atomic E-state index is 0.0224. The van der Waals surface area contributed by atoms with Gasteiger partial charge in [-0.25, -0.2) is 0 Å². The molecule has 0 saturated heterocycles. The molecule has 1 aliphatic rings. The van der Waals surface area contributed by atoms with Crippen LogP contribution in [-0.4, -0.2) is 17.6 Å². The number of carboxylic acid groups (broad SMARTS) is 1. The van der Waals surface area contributed by atoms with Crippen LogP contribution in [0.25, 0.3) is 0 Å². The van der Waals surface area contributed by atoms with E-state index < -0.39 is 5.97 Å². The molecule has 1 unspecified atom stereocenters. The van der Waals surface area contributed by atoms with Gasteiger partial charge in [0.2, 0.25) is 0 Å². The van der Waals surface area contributed by atoms with Crippen molar-refractivity contribution in [2.75, 3.05) is 11.9 Å². The Hall–Kier alpha value is -2.02. The van der Waals surface area contributed by atoms with Crippen LogP contribution < -0.4 is 5.32 Å². The summed E-state index contributed by atoms with van der Waals surface area (Å²) in [6.07, 6.45) is 0.106. The van der Waals surface area contributed by atoms with Gasteiger partial charge in [-0.05, 0) is 23.8 Å². The molecular weight excluding hydrogens is 192 g/mol. The van der Waals surface area contributed by atoms with Gasteiger partial charge in [0, 0.05) is 18.2 Å². The number of aliphatic carboxylic acids is 1. The molecule has 0 amide bonds. The second-order valence-electron chi connectivity index (χ2n) is 3.59. The number of nitrogens with one attached hydrogen (secondary N) is 1. The molecule has 1 aromatic carbocycles. The van der Waals surface area contributed by atoms with E-state index in [-0.39, 0.29) is 12.3 Å². The number of benzene rings is 1. The number of fused-ring (bicyclic) bond motifs is 1. The summed E-state index contributed by atoms with van der Waals surface area (Å²) >= 11 is 0. The topological polar surface area (TPSA) is 73.1 Å². The summed E-state index contributed by atoms with van der Waals surface area (Å²) in [5, 5.41) is 20.6. The SMILES string of the molecule is N#Cc1ccc2c(c1)C(CC(=O)O)CN2. The standard InChI is InChI=1S/C11H10N2O2/c12-5-7-1-2-10-9(3-7)8(6-13-10)4-11(14)15/h1-3,8,13H,4,6H2,(H,14,15). The van der Waals surface area contributed by atoms with Crippen LogP contribution in [-0.2, 0) is 4.79 Å². The summed E-state index contributed by atoms with van der Waals surface area (Å²) in [7, 11) is 0. The van der Waals surface area contributed by atoms with Gasteiger partial charge in [-0.2, -0.15) is 5.26 Å². The fourth-order valence-electron chi connectivity index (χ4n) is 1.87. The van der Waals surface area contributed by atoms with Gasteiger partial charge in [-0.3, -0.25) is 4.79 Å². The molecule has 0 bridgehead atoms. The van der Waals surface area contributed by atoms with E-state index in [4.69, 9.17) is 10.4 Å². The molecule has 0 radical (unpaired) electrons. The predicted octanol–water partition coefficient (Wildman–Crippen LogP) is 1.54. The lowest BCUT2D eigenvalue weighted by Crippen LogP contribution is -2.08. The molecule has 4 nitrogen and oxygen atoms in total. The number of hydrogen-bond acceptors (Lipinski definition) is 3. The van der Waals surface area contributed by atoms with Crippen LogP contribution in [0, 0.1) is 11.3 Å². The van der Waals surface area contributed by atoms with Crippen molar-refractivity contribution in [2.45, 2.75) is 12.3 Å². The summed E-state index contributed by atoms with van der Waals surface area (Å²) in [4.78, 5) is 10.6. The quantitative estimate of drug-likeness (QED) is 0.763. The molecule has 0 saturated carbocycles. The van der Waals surface area contributed by atoms with Crippen LogP contribution in [0.15, 0.2) is 18.2 Å². The highest BCUT2D eigenvalue weighted by Gasteiger charge is 2.24. The smallest absolute Gasteiger partial charge is 0.304 e. The molecule has 2 N–H and O–H groups in total. The Balaban J connectivity index is 2.32. The number of hydrogen-bond donors (Lipinski definition) is 2. The molecule has 1 atom stereocenters. The summed E-state index contributed by atoms with van der Waals surface area (Å²) in [5.74, 6) is -0.831. The zero-order valence-electron chi connectivity index (χ0n) is 8.03. The van der Waals surface area contributed by atoms with E-state index in [0.29, 0.717) is 12.1 Å². The second kappa shape index (κ2) is 3.62. The molecule has 0 aromatic heterocycles. The monoisotopic (exact) mass is 202 g/mol. The Bertz CT molecular complexity index is 448. The van der Waals surface area contributed by atoms with Crippen LogP contribution in [0.4, 0.5) is 5.69 Å². The molecule has 0 aliphatic carbocycles. The number of carboxylic acids is 1. The zero-order valence-corrected chi connectivity index (χ0v) is 8.03. The van der Waals surface area contributed by atoms with E-state index in [9.17, 15) is 4.79 Å². The van der Waals surface area contributed by atoms with Crippen LogP contribution in [0.1, 0.15) is 23.5 Å². The van der Waals surface area contributed by atoms with Crippen molar-refractivity contribution in [1.82, 2.24) is 0 Å². The Labute approximate surface area is 87.1 Å². The minimum atomic E-state index is -0.808. The molecule has 1 aliphatic heterocycles. The molecule has 76 valence electrons. The molecule has 1 heterocycles. The van der Waals surface area contributed by atoms with E-state index in [1.165, 1.54) is 0 Å². The maximum Gasteiger partial charge on any atom is 0.304 e. The highest BCUT2D eigenvalue weighted by atomic mass is 16.4. The molecule has 4 heteroatoms. The third kappa shape index (κ3) is 1.77. The minimum Gasteiger partial charge on any atom is -0.481 e. The van der Waals surface area contributed by atoms with Crippen molar-refractivity contribution in [1.29, 1.82) is 5.26 Å². The first-order chi connectivity index (χ1) is 7.20. The van der Waals surface area contributed by atoms with Gasteiger partial charge >= 0.3 is 5.97 Å². The van der Waals surface area contributed by atoms with Gasteiger partial charge in [-0.15, -0.1) is 0 Å². The third-order valence-electron chi connectivity index (χ3n) is 2.58. The second-order valence-corrected chi connectivity index (χ2v) is 3.59. The molecule has 0 spiro atoms. The van der Waals surface area contributed by atoms with Crippen molar-refractivity contribution in [3.63, 3.8) is 0 Å². The number of rotatable bonds is 2.